The maximum atomic E-state index is 6.91. The van der Waals surface area contributed by atoms with E-state index in [4.69, 9.17) is 37.2 Å². The Morgan fingerprint density at radius 2 is 0.987 bits per heavy atom. The molecule has 7 aromatic rings. The van der Waals surface area contributed by atoms with Gasteiger partial charge < -0.3 is 42.0 Å². The summed E-state index contributed by atoms with van der Waals surface area (Å²) in [5, 5.41) is 1.03. The minimum absolute atomic E-state index is 0.00988. The summed E-state index contributed by atoms with van der Waals surface area (Å²) in [7, 11) is -3.73. The van der Waals surface area contributed by atoms with Crippen LogP contribution in [0.3, 0.4) is 0 Å². The molecule has 17 heteroatoms. The van der Waals surface area contributed by atoms with Gasteiger partial charge in [0.25, 0.3) is 0 Å². The Kier molecular flexibility index (Phi) is 14.2. The zero-order chi connectivity index (χ0) is 53.4. The molecule has 0 aliphatic carbocycles. The summed E-state index contributed by atoms with van der Waals surface area (Å²) in [6.07, 6.45) is 1.92. The Labute approximate surface area is 448 Å². The highest BCUT2D eigenvalue weighted by Crippen LogP contribution is 2.46. The Balaban J connectivity index is 0.979. The van der Waals surface area contributed by atoms with Crippen molar-refractivity contribution < 1.29 is 32.2 Å². The number of anilines is 4. The Morgan fingerprint density at radius 3 is 1.55 bits per heavy atom. The van der Waals surface area contributed by atoms with Crippen molar-refractivity contribution in [2.24, 2.45) is 0 Å². The number of rotatable bonds is 9. The molecule has 0 atom stereocenters. The molecule has 0 N–H and O–H groups in total. The van der Waals surface area contributed by atoms with E-state index in [1.165, 1.54) is 16.3 Å². The van der Waals surface area contributed by atoms with Gasteiger partial charge in [0.2, 0.25) is 0 Å². The first kappa shape index (κ1) is 53.2. The molecule has 3 aliphatic heterocycles. The van der Waals surface area contributed by atoms with E-state index < -0.39 is 42.7 Å². The zero-order valence-electron chi connectivity index (χ0n) is 46.9. The third kappa shape index (κ3) is 10.9. The highest BCUT2D eigenvalue weighted by molar-refractivity contribution is 6.84. The number of ether oxygens (including phenoxy) is 1. The van der Waals surface area contributed by atoms with Gasteiger partial charge in [-0.15, -0.1) is 0 Å². The van der Waals surface area contributed by atoms with Gasteiger partial charge in [0.15, 0.2) is 0 Å². The van der Waals surface area contributed by atoms with Crippen LogP contribution in [-0.4, -0.2) is 58.9 Å². The van der Waals surface area contributed by atoms with Crippen molar-refractivity contribution in [3.63, 3.8) is 0 Å². The molecule has 0 saturated carbocycles. The average molecular weight is 1000 g/mol. The maximum absolute atomic E-state index is 6.91. The molecule has 0 unspecified atom stereocenters. The van der Waals surface area contributed by atoms with Crippen molar-refractivity contribution in [1.82, 2.24) is 9.55 Å². The molecule has 2 fully saturated rings. The number of hydrogen-bond donors (Lipinski definition) is 0. The summed E-state index contributed by atoms with van der Waals surface area (Å²) in [6, 6.07) is 43.1. The molecular formula is C58H72B6N4O7. The van der Waals surface area contributed by atoms with Gasteiger partial charge in [-0.2, -0.15) is 0 Å². The third-order valence-corrected chi connectivity index (χ3v) is 14.3. The Morgan fingerprint density at radius 1 is 0.480 bits per heavy atom. The lowest BCUT2D eigenvalue weighted by atomic mass is 9.49. The van der Waals surface area contributed by atoms with Crippen LogP contribution >= 0.6 is 0 Å². The minimum Gasteiger partial charge on any atom is -0.452 e. The number of benzene rings is 5. The summed E-state index contributed by atoms with van der Waals surface area (Å²) in [5.74, 6) is 0.910. The van der Waals surface area contributed by atoms with Crippen LogP contribution in [0, 0.1) is 0 Å². The highest BCUT2D eigenvalue weighted by atomic mass is 16.7. The van der Waals surface area contributed by atoms with Crippen molar-refractivity contribution in [1.29, 1.82) is 0 Å². The van der Waals surface area contributed by atoms with E-state index in [0.717, 1.165) is 61.7 Å². The van der Waals surface area contributed by atoms with Crippen LogP contribution in [0.15, 0.2) is 128 Å². The van der Waals surface area contributed by atoms with Crippen molar-refractivity contribution in [2.75, 3.05) is 16.5 Å². The monoisotopic (exact) mass is 1000 g/mol. The van der Waals surface area contributed by atoms with E-state index in [1.807, 2.05) is 6.20 Å². The minimum atomic E-state index is -0.777. The summed E-state index contributed by atoms with van der Waals surface area (Å²) < 4.78 is 49.7. The van der Waals surface area contributed by atoms with E-state index in [-0.39, 0.29) is 26.7 Å². The number of fused-ring (bicyclic) bond motifs is 4. The molecular weight excluding hydrogens is 930 g/mol. The number of nitrogens with zero attached hydrogens (tertiary/aromatic N) is 4. The van der Waals surface area contributed by atoms with Gasteiger partial charge in [-0.05, 0) is 91.9 Å². The molecule has 0 amide bonds. The molecule has 10 rings (SSSR count). The molecule has 0 spiro atoms. The molecule has 384 valence electrons. The molecule has 2 saturated heterocycles. The second-order valence-corrected chi connectivity index (χ2v) is 26.1. The number of aromatic nitrogens is 2. The maximum Gasteiger partial charge on any atom is 0.468 e. The molecule has 5 aromatic carbocycles. The topological polar surface area (TPSA) is 88.9 Å². The smallest absolute Gasteiger partial charge is 0.452 e. The molecule has 2 aromatic heterocycles. The first-order valence-corrected chi connectivity index (χ1v) is 26.7. The lowest BCUT2D eigenvalue weighted by Gasteiger charge is -2.43. The fourth-order valence-corrected chi connectivity index (χ4v) is 10.2. The van der Waals surface area contributed by atoms with Crippen LogP contribution in [0.2, 0.25) is 21.3 Å². The lowest BCUT2D eigenvalue weighted by Crippen LogP contribution is -2.62. The number of para-hydroxylation sites is 4. The van der Waals surface area contributed by atoms with Crippen LogP contribution < -0.4 is 20.7 Å². The number of pyridine rings is 1. The van der Waals surface area contributed by atoms with Crippen LogP contribution in [0.1, 0.15) is 121 Å². The van der Waals surface area contributed by atoms with Crippen LogP contribution in [0.25, 0.3) is 27.6 Å². The van der Waals surface area contributed by atoms with Gasteiger partial charge in [-0.1, -0.05) is 177 Å². The Bertz CT molecular complexity index is 3100. The standard InChI is InChI=1S/C58H72B6N4O7/c1-54(2,3)42-32-33-65-52(36-42)68-48-27-17-16-24-44(48)45-31-30-41(35-51(45)68)38-69-37-40-22-20-23-43(34-40)66-39-67(50-29-19-18-28-49(50)66)53-46(59-70-61(55(4,5)6)74-62(71-59)56(7,8)9)25-21-26-47(53)60-72-63(57(10,11)12)75-64(73-60)58(13,14)15/h16-36H,37-39H2,1-15H3. The fraction of sp³-hybridized carbons (Fsp3) is 0.397. The molecule has 3 aliphatic rings. The van der Waals surface area contributed by atoms with Crippen molar-refractivity contribution >= 4 is 98.2 Å². The van der Waals surface area contributed by atoms with Crippen molar-refractivity contribution in [3.8, 4) is 5.82 Å². The van der Waals surface area contributed by atoms with E-state index in [9.17, 15) is 0 Å². The summed E-state index contributed by atoms with van der Waals surface area (Å²) >= 11 is 0. The second kappa shape index (κ2) is 20.0. The molecule has 75 heavy (non-hydrogen) atoms. The normalized spacial score (nSPS) is 16.3. The molecule has 0 bridgehead atoms. The summed E-state index contributed by atoms with van der Waals surface area (Å²) in [6.45, 7) is 33.7. The quantitative estimate of drug-likeness (QED) is 0.130. The first-order chi connectivity index (χ1) is 35.3. The largest absolute Gasteiger partial charge is 0.468 e. The average Bonchev–Trinajstić information content (AvgIpc) is 3.91. The zero-order valence-corrected chi connectivity index (χ0v) is 46.9. The van der Waals surface area contributed by atoms with Gasteiger partial charge in [-0.3, -0.25) is 4.57 Å². The SMILES string of the molecule is CC(C)(C)B1OB(c2cccc(B3OB(C(C)(C)C)OB(C(C)(C)C)O3)c2N2CN(c3cccc(COCc4ccc5c6ccccc6n(-c6cc(C(C)(C)C)ccn6)c5c4)c3)c3ccccc32)OB(C(C)(C)C)O1. The van der Waals surface area contributed by atoms with E-state index in [0.29, 0.717) is 19.9 Å². The molecule has 5 heterocycles. The summed E-state index contributed by atoms with van der Waals surface area (Å²) in [5.41, 5.74) is 11.3. The van der Waals surface area contributed by atoms with E-state index in [2.05, 4.69) is 240 Å². The van der Waals surface area contributed by atoms with Gasteiger partial charge in [0, 0.05) is 39.3 Å². The van der Waals surface area contributed by atoms with Crippen molar-refractivity contribution in [2.45, 2.75) is 144 Å². The number of hydrogen-bond acceptors (Lipinski definition) is 10. The highest BCUT2D eigenvalue weighted by Gasteiger charge is 2.55. The van der Waals surface area contributed by atoms with Crippen LogP contribution in [-0.2, 0) is 50.8 Å². The van der Waals surface area contributed by atoms with E-state index >= 15 is 0 Å². The first-order valence-electron chi connectivity index (χ1n) is 26.7. The van der Waals surface area contributed by atoms with Gasteiger partial charge >= 0.3 is 42.7 Å². The predicted octanol–water partition coefficient (Wildman–Crippen LogP) is 13.1. The van der Waals surface area contributed by atoms with Crippen LogP contribution in [0.4, 0.5) is 22.7 Å². The third-order valence-electron chi connectivity index (χ3n) is 14.3. The van der Waals surface area contributed by atoms with Crippen LogP contribution in [0.5, 0.6) is 0 Å². The fourth-order valence-electron chi connectivity index (χ4n) is 10.2. The second-order valence-electron chi connectivity index (χ2n) is 26.1. The van der Waals surface area contributed by atoms with Gasteiger partial charge in [0.1, 0.15) is 12.5 Å². The van der Waals surface area contributed by atoms with E-state index in [1.54, 1.807) is 0 Å². The van der Waals surface area contributed by atoms with Crippen molar-refractivity contribution in [3.05, 3.63) is 144 Å². The molecule has 11 nitrogen and oxygen atoms in total. The van der Waals surface area contributed by atoms with Gasteiger partial charge in [-0.25, -0.2) is 4.98 Å². The lowest BCUT2D eigenvalue weighted by molar-refractivity contribution is 0.107. The predicted molar refractivity (Wildman–Crippen MR) is 313 cm³/mol. The summed E-state index contributed by atoms with van der Waals surface area (Å²) in [4.78, 5) is 9.61. The molecule has 0 radical (unpaired) electrons. The van der Waals surface area contributed by atoms with Gasteiger partial charge in [0.05, 0.1) is 35.6 Å². The Hall–Kier alpha value is -5.24.